The zero-order chi connectivity index (χ0) is 13.8. The Morgan fingerprint density at radius 2 is 2.15 bits per heavy atom. The van der Waals surface area contributed by atoms with Gasteiger partial charge in [0, 0.05) is 18.8 Å². The van der Waals surface area contributed by atoms with Crippen LogP contribution in [0.4, 0.5) is 0 Å². The van der Waals surface area contributed by atoms with Crippen molar-refractivity contribution >= 4 is 0 Å². The summed E-state index contributed by atoms with van der Waals surface area (Å²) in [6, 6.07) is 6.42. The van der Waals surface area contributed by atoms with Crippen LogP contribution in [0.5, 0.6) is 5.75 Å². The maximum Gasteiger partial charge on any atom is 0.119 e. The second kappa shape index (κ2) is 6.12. The summed E-state index contributed by atoms with van der Waals surface area (Å²) in [6.45, 7) is 3.06. The molecule has 3 rings (SSSR count). The number of aromatic nitrogens is 2. The van der Waals surface area contributed by atoms with E-state index >= 15 is 0 Å². The zero-order valence-corrected chi connectivity index (χ0v) is 12.1. The van der Waals surface area contributed by atoms with Gasteiger partial charge >= 0.3 is 0 Å². The quantitative estimate of drug-likeness (QED) is 0.744. The van der Waals surface area contributed by atoms with Gasteiger partial charge in [-0.1, -0.05) is 26.2 Å². The molecule has 2 heterocycles. The largest absolute Gasteiger partial charge is 0.494 e. The number of hydrogen-bond acceptors (Lipinski definition) is 2. The van der Waals surface area contributed by atoms with Crippen molar-refractivity contribution in [2.75, 3.05) is 6.61 Å². The first-order valence-electron chi connectivity index (χ1n) is 7.67. The van der Waals surface area contributed by atoms with Crippen molar-refractivity contribution in [3.63, 3.8) is 0 Å². The van der Waals surface area contributed by atoms with E-state index in [0.717, 1.165) is 37.4 Å². The van der Waals surface area contributed by atoms with E-state index < -0.39 is 0 Å². The van der Waals surface area contributed by atoms with Gasteiger partial charge in [-0.05, 0) is 36.6 Å². The number of hydrogen-bond donors (Lipinski definition) is 0. The van der Waals surface area contributed by atoms with Gasteiger partial charge < -0.3 is 9.30 Å². The summed E-state index contributed by atoms with van der Waals surface area (Å²) < 4.78 is 8.05. The van der Waals surface area contributed by atoms with E-state index in [1.165, 1.54) is 30.5 Å². The fourth-order valence-corrected chi connectivity index (χ4v) is 2.79. The molecular formula is C17H22N2O. The third kappa shape index (κ3) is 2.72. The van der Waals surface area contributed by atoms with Gasteiger partial charge in [0.05, 0.1) is 12.3 Å². The Kier molecular flexibility index (Phi) is 4.05. The van der Waals surface area contributed by atoms with E-state index in [2.05, 4.69) is 34.7 Å². The maximum absolute atomic E-state index is 5.86. The van der Waals surface area contributed by atoms with Gasteiger partial charge in [0.15, 0.2) is 0 Å². The van der Waals surface area contributed by atoms with Crippen LogP contribution in [0.25, 0.3) is 5.69 Å². The lowest BCUT2D eigenvalue weighted by Crippen LogP contribution is -2.12. The van der Waals surface area contributed by atoms with Gasteiger partial charge in [0.1, 0.15) is 11.6 Å². The molecule has 0 radical (unpaired) electrons. The third-order valence-electron chi connectivity index (χ3n) is 3.91. The molecule has 1 aliphatic heterocycles. The Bertz CT molecular complexity index is 574. The van der Waals surface area contributed by atoms with E-state index in [9.17, 15) is 0 Å². The monoisotopic (exact) mass is 270 g/mol. The molecule has 0 amide bonds. The Hall–Kier alpha value is -1.77. The summed E-state index contributed by atoms with van der Waals surface area (Å²) in [5.41, 5.74) is 2.61. The minimum atomic E-state index is 0.828. The summed E-state index contributed by atoms with van der Waals surface area (Å²) in [7, 11) is 0. The van der Waals surface area contributed by atoms with Gasteiger partial charge in [0.2, 0.25) is 0 Å². The molecule has 2 aromatic rings. The van der Waals surface area contributed by atoms with E-state index in [1.54, 1.807) is 0 Å². The van der Waals surface area contributed by atoms with Crippen LogP contribution < -0.4 is 4.74 Å². The molecule has 0 atom stereocenters. The average Bonchev–Trinajstić information content (AvgIpc) is 2.95. The molecule has 1 aliphatic rings. The van der Waals surface area contributed by atoms with Gasteiger partial charge in [0.25, 0.3) is 0 Å². The van der Waals surface area contributed by atoms with E-state index in [4.69, 9.17) is 4.74 Å². The fraction of sp³-hybridized carbons (Fsp3) is 0.471. The lowest BCUT2D eigenvalue weighted by atomic mass is 10.0. The summed E-state index contributed by atoms with van der Waals surface area (Å²) >= 11 is 0. The van der Waals surface area contributed by atoms with Crippen LogP contribution in [0.3, 0.4) is 0 Å². The predicted molar refractivity (Wildman–Crippen MR) is 80.6 cm³/mol. The topological polar surface area (TPSA) is 27.1 Å². The summed E-state index contributed by atoms with van der Waals surface area (Å²) in [5.74, 6) is 2.16. The number of nitrogens with zero attached hydrogens (tertiary/aromatic N) is 2. The van der Waals surface area contributed by atoms with Gasteiger partial charge in [-0.15, -0.1) is 0 Å². The maximum atomic E-state index is 5.86. The average molecular weight is 270 g/mol. The first-order valence-corrected chi connectivity index (χ1v) is 7.67. The minimum Gasteiger partial charge on any atom is -0.494 e. The van der Waals surface area contributed by atoms with Crippen LogP contribution in [-0.2, 0) is 12.8 Å². The molecular weight excluding hydrogens is 248 g/mol. The smallest absolute Gasteiger partial charge is 0.119 e. The lowest BCUT2D eigenvalue weighted by Gasteiger charge is -2.19. The summed E-state index contributed by atoms with van der Waals surface area (Å²) in [5, 5.41) is 0. The van der Waals surface area contributed by atoms with E-state index in [-0.39, 0.29) is 0 Å². The second-order valence-corrected chi connectivity index (χ2v) is 5.41. The van der Waals surface area contributed by atoms with Gasteiger partial charge in [-0.2, -0.15) is 0 Å². The molecule has 0 N–H and O–H groups in total. The van der Waals surface area contributed by atoms with Crippen molar-refractivity contribution < 1.29 is 4.74 Å². The number of fused-ring (bicyclic) bond motifs is 3. The van der Waals surface area contributed by atoms with Crippen LogP contribution >= 0.6 is 0 Å². The molecule has 3 heteroatoms. The summed E-state index contributed by atoms with van der Waals surface area (Å²) in [6.07, 6.45) is 11.0. The standard InChI is InChI=1S/C17H22N2O/c1-2-3-4-5-12-20-15-7-8-16-14(13-15)6-9-17-18-10-11-19(16)17/h7-8,10-11,13H,2-6,9,12H2,1H3. The predicted octanol–water partition coefficient (Wildman–Crippen LogP) is 3.93. The number of imidazole rings is 1. The zero-order valence-electron chi connectivity index (χ0n) is 12.1. The highest BCUT2D eigenvalue weighted by atomic mass is 16.5. The van der Waals surface area contributed by atoms with E-state index in [0.29, 0.717) is 0 Å². The van der Waals surface area contributed by atoms with Gasteiger partial charge in [-0.3, -0.25) is 0 Å². The molecule has 3 nitrogen and oxygen atoms in total. The highest BCUT2D eigenvalue weighted by Gasteiger charge is 2.16. The van der Waals surface area contributed by atoms with Crippen molar-refractivity contribution in [3.8, 4) is 11.4 Å². The molecule has 0 unspecified atom stereocenters. The summed E-state index contributed by atoms with van der Waals surface area (Å²) in [4.78, 5) is 4.39. The van der Waals surface area contributed by atoms with Gasteiger partial charge in [-0.25, -0.2) is 4.98 Å². The SMILES string of the molecule is CCCCCCOc1ccc2c(c1)CCc1nccn1-2. The Balaban J connectivity index is 1.65. The molecule has 106 valence electrons. The van der Waals surface area contributed by atoms with Crippen LogP contribution in [0.1, 0.15) is 44.0 Å². The molecule has 0 fully saturated rings. The highest BCUT2D eigenvalue weighted by molar-refractivity contribution is 5.48. The van der Waals surface area contributed by atoms with Crippen molar-refractivity contribution in [3.05, 3.63) is 42.0 Å². The normalized spacial score (nSPS) is 12.8. The van der Waals surface area contributed by atoms with Crippen molar-refractivity contribution in [2.24, 2.45) is 0 Å². The number of ether oxygens (including phenoxy) is 1. The number of aryl methyl sites for hydroxylation is 2. The Labute approximate surface area is 120 Å². The molecule has 20 heavy (non-hydrogen) atoms. The third-order valence-corrected chi connectivity index (χ3v) is 3.91. The second-order valence-electron chi connectivity index (χ2n) is 5.41. The molecule has 0 spiro atoms. The van der Waals surface area contributed by atoms with Crippen LogP contribution in [0.15, 0.2) is 30.6 Å². The first kappa shape index (κ1) is 13.2. The number of benzene rings is 1. The highest BCUT2D eigenvalue weighted by Crippen LogP contribution is 2.27. The molecule has 0 aliphatic carbocycles. The lowest BCUT2D eigenvalue weighted by molar-refractivity contribution is 0.304. The van der Waals surface area contributed by atoms with Crippen molar-refractivity contribution in [1.29, 1.82) is 0 Å². The Morgan fingerprint density at radius 1 is 1.20 bits per heavy atom. The van der Waals surface area contributed by atoms with E-state index in [1.807, 2.05) is 12.4 Å². The van der Waals surface area contributed by atoms with Crippen LogP contribution in [-0.4, -0.2) is 16.2 Å². The number of rotatable bonds is 6. The first-order chi connectivity index (χ1) is 9.88. The fourth-order valence-electron chi connectivity index (χ4n) is 2.79. The molecule has 0 bridgehead atoms. The molecule has 0 saturated heterocycles. The molecule has 0 saturated carbocycles. The van der Waals surface area contributed by atoms with Crippen molar-refractivity contribution in [2.45, 2.75) is 45.4 Å². The Morgan fingerprint density at radius 3 is 3.05 bits per heavy atom. The van der Waals surface area contributed by atoms with Crippen LogP contribution in [0.2, 0.25) is 0 Å². The van der Waals surface area contributed by atoms with Crippen LogP contribution in [0, 0.1) is 0 Å². The molecule has 1 aromatic heterocycles. The van der Waals surface area contributed by atoms with Crippen molar-refractivity contribution in [1.82, 2.24) is 9.55 Å². The number of unbranched alkanes of at least 4 members (excludes halogenated alkanes) is 3. The minimum absolute atomic E-state index is 0.828. The molecule has 1 aromatic carbocycles.